The van der Waals surface area contributed by atoms with Crippen LogP contribution >= 0.6 is 0 Å². The van der Waals surface area contributed by atoms with Crippen molar-refractivity contribution in [3.63, 3.8) is 0 Å². The summed E-state index contributed by atoms with van der Waals surface area (Å²) in [6.07, 6.45) is 9.71. The van der Waals surface area contributed by atoms with Gasteiger partial charge < -0.3 is 30.2 Å². The summed E-state index contributed by atoms with van der Waals surface area (Å²) in [5.41, 5.74) is 7.73. The number of aromatic hydroxyl groups is 1. The van der Waals surface area contributed by atoms with Crippen molar-refractivity contribution >= 4 is 17.8 Å². The molecule has 0 unspecified atom stereocenters. The molecule has 1 amide bonds. The second-order valence-corrected chi connectivity index (χ2v) is 9.21. The number of carbonyl (C=O) groups excluding carboxylic acids is 2. The highest BCUT2D eigenvalue weighted by Gasteiger charge is 2.25. The van der Waals surface area contributed by atoms with Crippen LogP contribution in [0.4, 0.5) is 4.79 Å². The third kappa shape index (κ3) is 8.98. The highest BCUT2D eigenvalue weighted by molar-refractivity contribution is 5.72. The third-order valence-electron chi connectivity index (χ3n) is 6.63. The smallest absolute Gasteiger partial charge is 0.410 e. The summed E-state index contributed by atoms with van der Waals surface area (Å²) in [5.74, 6) is 6.21. The fourth-order valence-electron chi connectivity index (χ4n) is 4.45. The highest BCUT2D eigenvalue weighted by atomic mass is 16.6. The van der Waals surface area contributed by atoms with Crippen molar-refractivity contribution in [2.45, 2.75) is 70.8 Å². The van der Waals surface area contributed by atoms with Crippen molar-refractivity contribution < 1.29 is 24.2 Å². The van der Waals surface area contributed by atoms with E-state index in [4.69, 9.17) is 21.1 Å². The molecule has 3 rings (SSSR count). The molecule has 0 bridgehead atoms. The molecule has 5 N–H and O–H groups in total. The molecule has 1 aromatic rings. The standard InChI is InChI=1S/C17H26N4O3.C9H16O2/c1-20(13-5-3-4-6-13)17(23)24-11-15(21(2)19)16(18)12-7-9-14(22)10-8-12;1-2-11-9(10)8-6-4-3-5-7-8/h7-10,13,22H,3-6,11,18-19H2,1-2H3;8H,2-7H2,1H3/b16-15-;. The van der Waals surface area contributed by atoms with Crippen LogP contribution in [0.5, 0.6) is 5.75 Å². The van der Waals surface area contributed by atoms with Gasteiger partial charge >= 0.3 is 12.1 Å². The lowest BCUT2D eigenvalue weighted by molar-refractivity contribution is -0.149. The van der Waals surface area contributed by atoms with E-state index in [-0.39, 0.29) is 36.4 Å². The predicted octanol–water partition coefficient (Wildman–Crippen LogP) is 3.97. The first-order chi connectivity index (χ1) is 16.7. The van der Waals surface area contributed by atoms with E-state index < -0.39 is 0 Å². The van der Waals surface area contributed by atoms with Crippen LogP contribution in [0.1, 0.15) is 70.3 Å². The molecule has 2 aliphatic rings. The van der Waals surface area contributed by atoms with Gasteiger partial charge in [0.15, 0.2) is 0 Å². The van der Waals surface area contributed by atoms with Crippen molar-refractivity contribution in [1.82, 2.24) is 9.91 Å². The molecule has 35 heavy (non-hydrogen) atoms. The Morgan fingerprint density at radius 1 is 0.971 bits per heavy atom. The number of hydrazine groups is 1. The number of amides is 1. The van der Waals surface area contributed by atoms with Crippen molar-refractivity contribution in [2.24, 2.45) is 17.5 Å². The second-order valence-electron chi connectivity index (χ2n) is 9.21. The topological polar surface area (TPSA) is 131 Å². The highest BCUT2D eigenvalue weighted by Crippen LogP contribution is 2.25. The first-order valence-corrected chi connectivity index (χ1v) is 12.6. The molecule has 9 nitrogen and oxygen atoms in total. The summed E-state index contributed by atoms with van der Waals surface area (Å²) in [6, 6.07) is 6.68. The number of hydrogen-bond acceptors (Lipinski definition) is 8. The van der Waals surface area contributed by atoms with Crippen LogP contribution in [0.25, 0.3) is 5.70 Å². The molecule has 2 aliphatic carbocycles. The lowest BCUT2D eigenvalue weighted by Gasteiger charge is -2.25. The quantitative estimate of drug-likeness (QED) is 0.297. The normalized spacial score (nSPS) is 17.0. The van der Waals surface area contributed by atoms with Crippen LogP contribution in [0.2, 0.25) is 0 Å². The number of carbonyl (C=O) groups is 2. The zero-order chi connectivity index (χ0) is 25.8. The number of nitrogens with two attached hydrogens (primary N) is 2. The van der Waals surface area contributed by atoms with Crippen LogP contribution in [0.3, 0.4) is 0 Å². The lowest BCUT2D eigenvalue weighted by Crippen LogP contribution is -2.37. The van der Waals surface area contributed by atoms with Crippen molar-refractivity contribution in [3.05, 3.63) is 35.5 Å². The number of esters is 1. The van der Waals surface area contributed by atoms with Gasteiger partial charge in [0.25, 0.3) is 0 Å². The predicted molar refractivity (Wildman–Crippen MR) is 136 cm³/mol. The summed E-state index contributed by atoms with van der Waals surface area (Å²) in [7, 11) is 3.40. The molecule has 0 radical (unpaired) electrons. The van der Waals surface area contributed by atoms with Gasteiger partial charge in [-0.2, -0.15) is 0 Å². The van der Waals surface area contributed by atoms with E-state index in [1.165, 1.54) is 36.4 Å². The van der Waals surface area contributed by atoms with Gasteiger partial charge in [-0.25, -0.2) is 10.6 Å². The molecule has 0 spiro atoms. The molecular weight excluding hydrogens is 448 g/mol. The maximum absolute atomic E-state index is 12.2. The van der Waals surface area contributed by atoms with E-state index >= 15 is 0 Å². The average molecular weight is 491 g/mol. The number of nitrogens with zero attached hydrogens (tertiary/aromatic N) is 2. The van der Waals surface area contributed by atoms with Gasteiger partial charge in [0.2, 0.25) is 0 Å². The van der Waals surface area contributed by atoms with Crippen molar-refractivity contribution in [3.8, 4) is 5.75 Å². The van der Waals surface area contributed by atoms with Gasteiger partial charge in [0.1, 0.15) is 12.4 Å². The second kappa shape index (κ2) is 14.5. The maximum atomic E-state index is 12.2. The lowest BCUT2D eigenvalue weighted by atomic mass is 9.89. The minimum absolute atomic E-state index is 0.0183. The summed E-state index contributed by atoms with van der Waals surface area (Å²) in [5, 5.41) is 10.7. The van der Waals surface area contributed by atoms with Gasteiger partial charge in [-0.05, 0) is 62.4 Å². The fraction of sp³-hybridized carbons (Fsp3) is 0.615. The van der Waals surface area contributed by atoms with Crippen LogP contribution < -0.4 is 11.6 Å². The van der Waals surface area contributed by atoms with E-state index in [1.54, 1.807) is 31.1 Å². The van der Waals surface area contributed by atoms with Gasteiger partial charge in [-0.1, -0.05) is 32.1 Å². The number of ether oxygens (including phenoxy) is 2. The van der Waals surface area contributed by atoms with Crippen LogP contribution in [-0.4, -0.2) is 60.4 Å². The molecule has 1 aromatic carbocycles. The molecule has 0 aromatic heterocycles. The van der Waals surface area contributed by atoms with Crippen molar-refractivity contribution in [2.75, 3.05) is 27.3 Å². The Balaban J connectivity index is 0.000000328. The number of phenols is 1. The SMILES string of the molecule is CCOC(=O)C1CCCCC1.CN(N)/C(COC(=O)N(C)C1CCCC1)=C(\N)c1ccc(O)cc1. The Labute approximate surface area is 209 Å². The van der Waals surface area contributed by atoms with E-state index in [0.29, 0.717) is 23.6 Å². The Hall–Kier alpha value is -2.94. The minimum Gasteiger partial charge on any atom is -0.508 e. The van der Waals surface area contributed by atoms with Crippen molar-refractivity contribution in [1.29, 1.82) is 0 Å². The average Bonchev–Trinajstić information content (AvgIpc) is 3.40. The van der Waals surface area contributed by atoms with Gasteiger partial charge in [0.05, 0.1) is 23.9 Å². The number of likely N-dealkylation sites (N-methyl/N-ethyl adjacent to an activating group) is 1. The first kappa shape index (κ1) is 28.3. The maximum Gasteiger partial charge on any atom is 0.410 e. The molecule has 0 heterocycles. The van der Waals surface area contributed by atoms with Crippen LogP contribution in [0.15, 0.2) is 30.0 Å². The summed E-state index contributed by atoms with van der Waals surface area (Å²) in [4.78, 5) is 25.0. The number of rotatable bonds is 7. The summed E-state index contributed by atoms with van der Waals surface area (Å²) in [6.45, 7) is 2.37. The Morgan fingerprint density at radius 3 is 2.09 bits per heavy atom. The molecular formula is C26H42N4O5. The molecule has 2 saturated carbocycles. The summed E-state index contributed by atoms with van der Waals surface area (Å²) < 4.78 is 10.3. The molecule has 0 aliphatic heterocycles. The van der Waals surface area contributed by atoms with Gasteiger partial charge in [0, 0.05) is 20.1 Å². The van der Waals surface area contributed by atoms with Gasteiger partial charge in [-0.3, -0.25) is 4.79 Å². The number of phenolic OH excluding ortho intramolecular Hbond substituents is 1. The zero-order valence-electron chi connectivity index (χ0n) is 21.4. The third-order valence-corrected chi connectivity index (χ3v) is 6.63. The molecule has 9 heteroatoms. The number of benzene rings is 1. The largest absolute Gasteiger partial charge is 0.508 e. The van der Waals surface area contributed by atoms with E-state index in [9.17, 15) is 14.7 Å². The van der Waals surface area contributed by atoms with E-state index in [2.05, 4.69) is 0 Å². The Bertz CT molecular complexity index is 829. The van der Waals surface area contributed by atoms with Gasteiger partial charge in [-0.15, -0.1) is 0 Å². The minimum atomic E-state index is -0.375. The van der Waals surface area contributed by atoms with E-state index in [0.717, 1.165) is 38.5 Å². The number of hydrogen-bond donors (Lipinski definition) is 3. The fourth-order valence-corrected chi connectivity index (χ4v) is 4.45. The van der Waals surface area contributed by atoms with Crippen LogP contribution in [-0.2, 0) is 14.3 Å². The Kier molecular flexibility index (Phi) is 11.7. The van der Waals surface area contributed by atoms with E-state index in [1.807, 2.05) is 6.92 Å². The Morgan fingerprint density at radius 2 is 1.54 bits per heavy atom. The zero-order valence-corrected chi connectivity index (χ0v) is 21.4. The molecule has 0 atom stereocenters. The molecule has 0 saturated heterocycles. The summed E-state index contributed by atoms with van der Waals surface area (Å²) >= 11 is 0. The molecule has 196 valence electrons. The molecule has 2 fully saturated rings. The monoisotopic (exact) mass is 490 g/mol. The van der Waals surface area contributed by atoms with Crippen LogP contribution in [0, 0.1) is 5.92 Å². The first-order valence-electron chi connectivity index (χ1n) is 12.6.